The number of amidine groups is 1. The fourth-order valence-electron chi connectivity index (χ4n) is 5.44. The molecule has 3 aliphatic rings. The highest BCUT2D eigenvalue weighted by atomic mass is 16.7. The van der Waals surface area contributed by atoms with Crippen molar-refractivity contribution in [3.8, 4) is 0 Å². The molecule has 234 valence electrons. The second-order valence-corrected chi connectivity index (χ2v) is 11.0. The number of hydrogen-bond donors (Lipinski definition) is 11. The van der Waals surface area contributed by atoms with Gasteiger partial charge in [-0.2, -0.15) is 0 Å². The number of nitrogens with one attached hydrogen (secondary N) is 2. The van der Waals surface area contributed by atoms with E-state index in [4.69, 9.17) is 41.3 Å². The highest BCUT2D eigenvalue weighted by molar-refractivity contribution is 5.84. The van der Waals surface area contributed by atoms with E-state index in [0.717, 1.165) is 0 Å². The lowest BCUT2D eigenvalue weighted by molar-refractivity contribution is -0.306. The quantitative estimate of drug-likeness (QED) is 0.0583. The van der Waals surface area contributed by atoms with Gasteiger partial charge in [0.2, 0.25) is 0 Å². The van der Waals surface area contributed by atoms with Crippen molar-refractivity contribution in [3.05, 3.63) is 0 Å². The Hall–Kier alpha value is -1.09. The van der Waals surface area contributed by atoms with Crippen LogP contribution in [0.1, 0.15) is 26.2 Å². The van der Waals surface area contributed by atoms with Crippen LogP contribution in [-0.2, 0) is 18.9 Å². The summed E-state index contributed by atoms with van der Waals surface area (Å²) < 4.78 is 23.9. The van der Waals surface area contributed by atoms with Crippen LogP contribution in [0.3, 0.4) is 0 Å². The summed E-state index contributed by atoms with van der Waals surface area (Å²) in [4.78, 5) is 4.27. The normalized spacial score (nSPS) is 44.0. The molecule has 13 atom stereocenters. The first-order chi connectivity index (χ1) is 18.9. The van der Waals surface area contributed by atoms with E-state index in [9.17, 15) is 25.5 Å². The summed E-state index contributed by atoms with van der Waals surface area (Å²) in [5, 5.41) is 67.2. The fraction of sp³-hybridized carbons (Fsp3) is 0.958. The lowest BCUT2D eigenvalue weighted by atomic mass is 9.83. The number of likely N-dealkylation sites (N-methyl/N-ethyl adjacent to an activating group) is 1. The molecule has 0 spiro atoms. The van der Waals surface area contributed by atoms with Gasteiger partial charge in [0.15, 0.2) is 12.6 Å². The predicted molar refractivity (Wildman–Crippen MR) is 142 cm³/mol. The van der Waals surface area contributed by atoms with Gasteiger partial charge in [-0.3, -0.25) is 4.99 Å². The lowest BCUT2D eigenvalue weighted by Gasteiger charge is -2.48. The van der Waals surface area contributed by atoms with Crippen molar-refractivity contribution in [2.45, 2.75) is 105 Å². The number of rotatable bonds is 12. The number of hydrogen-bond acceptors (Lipinski definition) is 15. The first kappa shape index (κ1) is 33.4. The monoisotopic (exact) mass is 580 g/mol. The van der Waals surface area contributed by atoms with Crippen LogP contribution in [0.4, 0.5) is 0 Å². The van der Waals surface area contributed by atoms with Crippen LogP contribution < -0.4 is 27.8 Å². The van der Waals surface area contributed by atoms with E-state index in [1.54, 1.807) is 7.05 Å². The number of aliphatic imine (C=N–C) groups is 1. The Bertz CT molecular complexity index is 812. The Balaban J connectivity index is 1.81. The molecule has 3 rings (SSSR count). The van der Waals surface area contributed by atoms with Gasteiger partial charge in [0, 0.05) is 19.1 Å². The molecule has 16 heteroatoms. The van der Waals surface area contributed by atoms with Crippen LogP contribution in [0.2, 0.25) is 0 Å². The van der Waals surface area contributed by atoms with E-state index < -0.39 is 79.5 Å². The summed E-state index contributed by atoms with van der Waals surface area (Å²) in [5.41, 5.74) is 17.2. The molecule has 2 heterocycles. The van der Waals surface area contributed by atoms with Crippen molar-refractivity contribution in [1.82, 2.24) is 10.6 Å². The van der Waals surface area contributed by atoms with Gasteiger partial charge in [-0.1, -0.05) is 0 Å². The Kier molecular flexibility index (Phi) is 12.4. The number of aliphatic hydroxyl groups is 6. The van der Waals surface area contributed by atoms with Crippen molar-refractivity contribution >= 4 is 5.84 Å². The van der Waals surface area contributed by atoms with E-state index in [-0.39, 0.29) is 31.6 Å². The molecule has 0 aromatic heterocycles. The van der Waals surface area contributed by atoms with Gasteiger partial charge in [-0.25, -0.2) is 0 Å². The third kappa shape index (κ3) is 8.05. The summed E-state index contributed by atoms with van der Waals surface area (Å²) in [6, 6.07) is -2.99. The zero-order chi connectivity index (χ0) is 29.6. The highest BCUT2D eigenvalue weighted by Gasteiger charge is 2.51. The number of aliphatic hydroxyl groups excluding tert-OH is 5. The van der Waals surface area contributed by atoms with Crippen molar-refractivity contribution in [1.29, 1.82) is 0 Å². The minimum absolute atomic E-state index is 0.00776. The van der Waals surface area contributed by atoms with E-state index >= 15 is 0 Å². The van der Waals surface area contributed by atoms with Crippen LogP contribution in [-0.4, -0.2) is 155 Å². The Morgan fingerprint density at radius 3 is 2.45 bits per heavy atom. The minimum Gasteiger partial charge on any atom is -0.395 e. The number of nitrogens with zero attached hydrogens (tertiary/aromatic N) is 1. The van der Waals surface area contributed by atoms with Crippen LogP contribution in [0, 0.1) is 0 Å². The Morgan fingerprint density at radius 2 is 1.80 bits per heavy atom. The lowest BCUT2D eigenvalue weighted by Crippen LogP contribution is -2.67. The Labute approximate surface area is 233 Å². The molecule has 16 nitrogen and oxygen atoms in total. The topological polar surface area (TPSA) is 273 Å². The van der Waals surface area contributed by atoms with Gasteiger partial charge < -0.3 is 77.4 Å². The Morgan fingerprint density at radius 1 is 1.10 bits per heavy atom. The maximum absolute atomic E-state index is 11.5. The molecule has 0 bridgehead atoms. The second kappa shape index (κ2) is 14.9. The van der Waals surface area contributed by atoms with E-state index in [2.05, 4.69) is 15.6 Å². The van der Waals surface area contributed by atoms with Gasteiger partial charge >= 0.3 is 0 Å². The zero-order valence-corrected chi connectivity index (χ0v) is 23.1. The first-order valence-corrected chi connectivity index (χ1v) is 13.7. The third-order valence-corrected chi connectivity index (χ3v) is 7.70. The summed E-state index contributed by atoms with van der Waals surface area (Å²) in [7, 11) is 1.58. The molecule has 0 aromatic rings. The van der Waals surface area contributed by atoms with Crippen molar-refractivity contribution in [2.75, 3.05) is 40.0 Å². The minimum atomic E-state index is -1.44. The van der Waals surface area contributed by atoms with E-state index in [0.29, 0.717) is 25.9 Å². The molecule has 1 aliphatic carbocycles. The van der Waals surface area contributed by atoms with Crippen LogP contribution >= 0.6 is 0 Å². The van der Waals surface area contributed by atoms with E-state index in [1.807, 2.05) is 0 Å². The zero-order valence-electron chi connectivity index (χ0n) is 23.1. The molecule has 0 radical (unpaired) electrons. The summed E-state index contributed by atoms with van der Waals surface area (Å²) >= 11 is 0. The van der Waals surface area contributed by atoms with Crippen LogP contribution in [0.25, 0.3) is 0 Å². The molecule has 14 N–H and O–H groups in total. The molecular formula is C24H48N6O10. The molecule has 2 aliphatic heterocycles. The summed E-state index contributed by atoms with van der Waals surface area (Å²) in [6.45, 7) is 1.56. The fourth-order valence-corrected chi connectivity index (χ4v) is 5.44. The maximum atomic E-state index is 11.5. The number of nitrogens with two attached hydrogens (primary N) is 3. The summed E-state index contributed by atoms with van der Waals surface area (Å²) in [6.07, 6.45) is -7.42. The van der Waals surface area contributed by atoms with Gasteiger partial charge in [-0.05, 0) is 33.2 Å². The molecular weight excluding hydrogens is 532 g/mol. The summed E-state index contributed by atoms with van der Waals surface area (Å²) in [5.74, 6) is -0.281. The van der Waals surface area contributed by atoms with Crippen LogP contribution in [0.15, 0.2) is 4.99 Å². The van der Waals surface area contributed by atoms with Gasteiger partial charge in [-0.15, -0.1) is 0 Å². The van der Waals surface area contributed by atoms with Gasteiger partial charge in [0.25, 0.3) is 0 Å². The average molecular weight is 581 g/mol. The largest absolute Gasteiger partial charge is 0.395 e. The van der Waals surface area contributed by atoms with Gasteiger partial charge in [0.1, 0.15) is 42.0 Å². The molecule has 40 heavy (non-hydrogen) atoms. The van der Waals surface area contributed by atoms with Crippen molar-refractivity contribution in [3.63, 3.8) is 0 Å². The third-order valence-electron chi connectivity index (χ3n) is 7.70. The van der Waals surface area contributed by atoms with Crippen molar-refractivity contribution in [2.24, 2.45) is 22.2 Å². The van der Waals surface area contributed by atoms with Crippen molar-refractivity contribution < 1.29 is 49.6 Å². The molecule has 13 unspecified atom stereocenters. The molecule has 0 amide bonds. The second-order valence-electron chi connectivity index (χ2n) is 11.0. The van der Waals surface area contributed by atoms with Gasteiger partial charge in [0.05, 0.1) is 44.1 Å². The smallest absolute Gasteiger partial charge is 0.185 e. The first-order valence-electron chi connectivity index (χ1n) is 13.7. The molecule has 3 fully saturated rings. The molecule has 2 saturated heterocycles. The van der Waals surface area contributed by atoms with E-state index in [1.165, 1.54) is 6.92 Å². The molecule has 0 aromatic carbocycles. The molecule has 1 saturated carbocycles. The highest BCUT2D eigenvalue weighted by Crippen LogP contribution is 2.33. The predicted octanol–water partition coefficient (Wildman–Crippen LogP) is -5.60. The maximum Gasteiger partial charge on any atom is 0.185 e. The average Bonchev–Trinajstić information content (AvgIpc) is 2.91. The number of ether oxygens (including phenoxy) is 4. The SMILES string of the molecule is CNC1C(O)C(OC2C(N=C(N)C(O)CO)CC(N)C(OC3OC(CNCCO)CCC3N)C2O)OCC1(C)O. The van der Waals surface area contributed by atoms with Crippen LogP contribution in [0.5, 0.6) is 0 Å². The standard InChI is InChI=1S/C24H48N6O10/c1-24(36)10-37-23(17(35)20(24)28-2)40-19-14(30-21(27)15(33)9-32)7-13(26)18(16(19)34)39-22-12(25)4-3-11(38-22)8-29-5-6-31/h11-20,22-23,28-29,31-36H,3-10,25-26H2,1-2H3,(H2,27,30).